The predicted molar refractivity (Wildman–Crippen MR) is 63.0 cm³/mol. The van der Waals surface area contributed by atoms with Crippen molar-refractivity contribution in [3.63, 3.8) is 0 Å². The third kappa shape index (κ3) is 3.01. The third-order valence-corrected chi connectivity index (χ3v) is 2.35. The van der Waals surface area contributed by atoms with Gasteiger partial charge in [0.2, 0.25) is 0 Å². The molecule has 0 saturated heterocycles. The Kier molecular flexibility index (Phi) is 3.84. The highest BCUT2D eigenvalue weighted by Crippen LogP contribution is 2.21. The van der Waals surface area contributed by atoms with Gasteiger partial charge in [-0.15, -0.1) is 0 Å². The molecule has 1 atom stereocenters. The maximum absolute atomic E-state index is 13.0. The van der Waals surface area contributed by atoms with Gasteiger partial charge in [-0.1, -0.05) is 6.07 Å². The van der Waals surface area contributed by atoms with E-state index in [1.807, 2.05) is 0 Å². The molecule has 0 bridgehead atoms. The zero-order chi connectivity index (χ0) is 13.0. The SMILES string of the molecule is NCC(Oc1cc(F)cc(F)c1)c1ccccn1. The van der Waals surface area contributed by atoms with Crippen LogP contribution < -0.4 is 10.5 Å². The number of benzene rings is 1. The van der Waals surface area contributed by atoms with Crippen molar-refractivity contribution >= 4 is 0 Å². The van der Waals surface area contributed by atoms with Crippen molar-refractivity contribution < 1.29 is 13.5 Å². The van der Waals surface area contributed by atoms with Gasteiger partial charge in [0.1, 0.15) is 17.4 Å². The number of rotatable bonds is 4. The molecule has 0 aliphatic rings. The number of ether oxygens (including phenoxy) is 1. The minimum atomic E-state index is -0.693. The normalized spacial score (nSPS) is 12.2. The molecule has 2 rings (SSSR count). The molecule has 3 nitrogen and oxygen atoms in total. The van der Waals surface area contributed by atoms with E-state index in [2.05, 4.69) is 4.98 Å². The van der Waals surface area contributed by atoms with Crippen LogP contribution in [-0.4, -0.2) is 11.5 Å². The van der Waals surface area contributed by atoms with E-state index in [1.54, 1.807) is 24.4 Å². The lowest BCUT2D eigenvalue weighted by atomic mass is 10.2. The molecule has 5 heteroatoms. The Labute approximate surface area is 103 Å². The summed E-state index contributed by atoms with van der Waals surface area (Å²) < 4.78 is 31.5. The summed E-state index contributed by atoms with van der Waals surface area (Å²) in [6.07, 6.45) is 1.07. The number of pyridine rings is 1. The summed E-state index contributed by atoms with van der Waals surface area (Å²) in [6, 6.07) is 8.29. The summed E-state index contributed by atoms with van der Waals surface area (Å²) in [5.41, 5.74) is 6.19. The minimum Gasteiger partial charge on any atom is -0.483 e. The van der Waals surface area contributed by atoms with Crippen LogP contribution in [0.3, 0.4) is 0 Å². The van der Waals surface area contributed by atoms with E-state index in [1.165, 1.54) is 0 Å². The summed E-state index contributed by atoms with van der Waals surface area (Å²) in [5.74, 6) is -1.29. The maximum atomic E-state index is 13.0. The number of hydrogen-bond donors (Lipinski definition) is 1. The van der Waals surface area contributed by atoms with Crippen molar-refractivity contribution in [2.45, 2.75) is 6.10 Å². The zero-order valence-electron chi connectivity index (χ0n) is 9.51. The van der Waals surface area contributed by atoms with Gasteiger partial charge in [0, 0.05) is 30.9 Å². The molecule has 1 heterocycles. The molecular weight excluding hydrogens is 238 g/mol. The molecule has 0 fully saturated rings. The number of nitrogens with two attached hydrogens (primary N) is 1. The molecule has 0 aliphatic carbocycles. The van der Waals surface area contributed by atoms with E-state index in [0.717, 1.165) is 18.2 Å². The van der Waals surface area contributed by atoms with Crippen LogP contribution in [0.15, 0.2) is 42.6 Å². The predicted octanol–water partition coefficient (Wildman–Crippen LogP) is 2.44. The van der Waals surface area contributed by atoms with E-state index in [0.29, 0.717) is 5.69 Å². The van der Waals surface area contributed by atoms with Crippen LogP contribution in [0.1, 0.15) is 11.8 Å². The van der Waals surface area contributed by atoms with E-state index in [9.17, 15) is 8.78 Å². The highest BCUT2D eigenvalue weighted by molar-refractivity contribution is 5.25. The first-order valence-corrected chi connectivity index (χ1v) is 5.43. The molecule has 0 radical (unpaired) electrons. The Bertz CT molecular complexity index is 499. The van der Waals surface area contributed by atoms with Crippen molar-refractivity contribution in [3.8, 4) is 5.75 Å². The minimum absolute atomic E-state index is 0.0913. The lowest BCUT2D eigenvalue weighted by Gasteiger charge is -2.16. The zero-order valence-corrected chi connectivity index (χ0v) is 9.51. The van der Waals surface area contributed by atoms with Crippen LogP contribution in [0.5, 0.6) is 5.75 Å². The fourth-order valence-corrected chi connectivity index (χ4v) is 1.56. The first-order chi connectivity index (χ1) is 8.69. The monoisotopic (exact) mass is 250 g/mol. The van der Waals surface area contributed by atoms with Crippen LogP contribution in [0.4, 0.5) is 8.78 Å². The second-order valence-corrected chi connectivity index (χ2v) is 3.70. The number of aromatic nitrogens is 1. The Hall–Kier alpha value is -2.01. The van der Waals surface area contributed by atoms with Crippen molar-refractivity contribution in [3.05, 3.63) is 59.9 Å². The van der Waals surface area contributed by atoms with Gasteiger partial charge in [-0.25, -0.2) is 8.78 Å². The molecule has 0 saturated carbocycles. The van der Waals surface area contributed by atoms with Crippen LogP contribution in [0.25, 0.3) is 0 Å². The number of nitrogens with zero attached hydrogens (tertiary/aromatic N) is 1. The molecule has 0 spiro atoms. The number of halogens is 2. The highest BCUT2D eigenvalue weighted by Gasteiger charge is 2.13. The van der Waals surface area contributed by atoms with Gasteiger partial charge in [0.15, 0.2) is 6.10 Å². The standard InChI is InChI=1S/C13H12F2N2O/c14-9-5-10(15)7-11(6-9)18-13(8-16)12-3-1-2-4-17-12/h1-7,13H,8,16H2. The van der Waals surface area contributed by atoms with Gasteiger partial charge in [0.25, 0.3) is 0 Å². The second-order valence-electron chi connectivity index (χ2n) is 3.70. The molecule has 1 aromatic carbocycles. The summed E-state index contributed by atoms with van der Waals surface area (Å²) in [5, 5.41) is 0. The first kappa shape index (κ1) is 12.4. The Morgan fingerprint density at radius 2 is 1.89 bits per heavy atom. The smallest absolute Gasteiger partial charge is 0.153 e. The van der Waals surface area contributed by atoms with Gasteiger partial charge in [-0.05, 0) is 12.1 Å². The van der Waals surface area contributed by atoms with Crippen molar-refractivity contribution in [2.24, 2.45) is 5.73 Å². The largest absolute Gasteiger partial charge is 0.483 e. The van der Waals surface area contributed by atoms with Crippen LogP contribution >= 0.6 is 0 Å². The van der Waals surface area contributed by atoms with Crippen molar-refractivity contribution in [2.75, 3.05) is 6.54 Å². The molecule has 0 aliphatic heterocycles. The molecule has 0 amide bonds. The summed E-state index contributed by atoms with van der Waals surface area (Å²) in [7, 11) is 0. The Balaban J connectivity index is 2.20. The Morgan fingerprint density at radius 3 is 2.44 bits per heavy atom. The number of hydrogen-bond acceptors (Lipinski definition) is 3. The summed E-state index contributed by atoms with van der Waals surface area (Å²) in [6.45, 7) is 0.162. The molecule has 1 unspecified atom stereocenters. The van der Waals surface area contributed by atoms with E-state index in [4.69, 9.17) is 10.5 Å². The molecule has 2 aromatic rings. The van der Waals surface area contributed by atoms with Gasteiger partial charge < -0.3 is 10.5 Å². The quantitative estimate of drug-likeness (QED) is 0.906. The third-order valence-electron chi connectivity index (χ3n) is 2.35. The molecule has 1 aromatic heterocycles. The molecular formula is C13H12F2N2O. The van der Waals surface area contributed by atoms with E-state index >= 15 is 0 Å². The fourth-order valence-electron chi connectivity index (χ4n) is 1.56. The average Bonchev–Trinajstić information content (AvgIpc) is 2.36. The highest BCUT2D eigenvalue weighted by atomic mass is 19.1. The van der Waals surface area contributed by atoms with Gasteiger partial charge in [-0.3, -0.25) is 4.98 Å². The van der Waals surface area contributed by atoms with Crippen LogP contribution in [-0.2, 0) is 0 Å². The summed E-state index contributed by atoms with van der Waals surface area (Å²) in [4.78, 5) is 4.10. The van der Waals surface area contributed by atoms with Crippen molar-refractivity contribution in [1.29, 1.82) is 0 Å². The van der Waals surface area contributed by atoms with E-state index < -0.39 is 17.7 Å². The molecule has 2 N–H and O–H groups in total. The lowest BCUT2D eigenvalue weighted by molar-refractivity contribution is 0.207. The van der Waals surface area contributed by atoms with Gasteiger partial charge >= 0.3 is 0 Å². The summed E-state index contributed by atoms with van der Waals surface area (Å²) >= 11 is 0. The van der Waals surface area contributed by atoms with Crippen LogP contribution in [0.2, 0.25) is 0 Å². The van der Waals surface area contributed by atoms with Crippen molar-refractivity contribution in [1.82, 2.24) is 4.98 Å². The average molecular weight is 250 g/mol. The molecule has 18 heavy (non-hydrogen) atoms. The second kappa shape index (κ2) is 5.55. The Morgan fingerprint density at radius 1 is 1.17 bits per heavy atom. The van der Waals surface area contributed by atoms with Crippen LogP contribution in [0, 0.1) is 11.6 Å². The first-order valence-electron chi connectivity index (χ1n) is 5.43. The lowest BCUT2D eigenvalue weighted by Crippen LogP contribution is -2.19. The topological polar surface area (TPSA) is 48.1 Å². The maximum Gasteiger partial charge on any atom is 0.153 e. The molecule has 94 valence electrons. The van der Waals surface area contributed by atoms with Gasteiger partial charge in [-0.2, -0.15) is 0 Å². The fraction of sp³-hybridized carbons (Fsp3) is 0.154. The van der Waals surface area contributed by atoms with Gasteiger partial charge in [0.05, 0.1) is 5.69 Å². The van der Waals surface area contributed by atoms with E-state index in [-0.39, 0.29) is 12.3 Å².